The van der Waals surface area contributed by atoms with Gasteiger partial charge in [0.2, 0.25) is 0 Å². The van der Waals surface area contributed by atoms with Gasteiger partial charge in [0.15, 0.2) is 0 Å². The molecule has 0 saturated carbocycles. The number of para-hydroxylation sites is 3. The third kappa shape index (κ3) is 4.76. The van der Waals surface area contributed by atoms with Gasteiger partial charge in [0, 0.05) is 53.8 Å². The lowest BCUT2D eigenvalue weighted by molar-refractivity contribution is 0.669. The topological polar surface area (TPSA) is 29.5 Å². The summed E-state index contributed by atoms with van der Waals surface area (Å²) in [5.41, 5.74) is 11.3. The predicted octanol–water partition coefficient (Wildman–Crippen LogP) is 15.8. The average molecular weight is 734 g/mol. The minimum Gasteiger partial charge on any atom is -0.456 e. The molecular formula is C52H31NO2S. The van der Waals surface area contributed by atoms with Gasteiger partial charge in [0.1, 0.15) is 22.3 Å². The Morgan fingerprint density at radius 3 is 1.93 bits per heavy atom. The van der Waals surface area contributed by atoms with E-state index in [4.69, 9.17) is 8.83 Å². The molecule has 0 aliphatic heterocycles. The fraction of sp³-hybridized carbons (Fsp3) is 0. The molecule has 0 fully saturated rings. The summed E-state index contributed by atoms with van der Waals surface area (Å²) in [6.07, 6.45) is 0. The maximum Gasteiger partial charge on any atom is 0.143 e. The fourth-order valence-corrected chi connectivity index (χ4v) is 9.82. The van der Waals surface area contributed by atoms with Crippen LogP contribution in [0.2, 0.25) is 0 Å². The zero-order valence-corrected chi connectivity index (χ0v) is 30.9. The van der Waals surface area contributed by atoms with Gasteiger partial charge >= 0.3 is 0 Å². The standard InChI is InChI=1S/C52H31NO2S/c1-2-12-34-31-49-44(29-33(34)11-1)41-17-9-16-40(51(41)55-49)37-13-3-6-19-45(37)53(46-20-10-18-42-39-15-5-8-22-50(39)56-52(42)46)36-26-23-32(24-27-36)35-25-28-48-43(30-35)38-14-4-7-21-47(38)54-48/h1-31H. The molecule has 12 aromatic rings. The van der Waals surface area contributed by atoms with Crippen molar-refractivity contribution in [1.82, 2.24) is 0 Å². The van der Waals surface area contributed by atoms with Crippen molar-refractivity contribution in [3.8, 4) is 22.3 Å². The maximum absolute atomic E-state index is 6.80. The number of hydrogen-bond donors (Lipinski definition) is 0. The highest BCUT2D eigenvalue weighted by Gasteiger charge is 2.23. The Labute approximate surface area is 325 Å². The number of rotatable bonds is 5. The number of fused-ring (bicyclic) bond motifs is 10. The van der Waals surface area contributed by atoms with Gasteiger partial charge < -0.3 is 13.7 Å². The number of hydrogen-bond acceptors (Lipinski definition) is 4. The smallest absolute Gasteiger partial charge is 0.143 e. The molecule has 0 unspecified atom stereocenters. The van der Waals surface area contributed by atoms with Crippen LogP contribution in [-0.4, -0.2) is 0 Å². The second-order valence-electron chi connectivity index (χ2n) is 14.4. The quantitative estimate of drug-likeness (QED) is 0.176. The lowest BCUT2D eigenvalue weighted by Gasteiger charge is -2.28. The molecular weight excluding hydrogens is 703 g/mol. The normalized spacial score (nSPS) is 11.9. The van der Waals surface area contributed by atoms with Crippen molar-refractivity contribution in [3.05, 3.63) is 188 Å². The summed E-state index contributed by atoms with van der Waals surface area (Å²) >= 11 is 1.85. The highest BCUT2D eigenvalue weighted by molar-refractivity contribution is 7.26. The van der Waals surface area contributed by atoms with Crippen molar-refractivity contribution in [3.63, 3.8) is 0 Å². The van der Waals surface area contributed by atoms with Gasteiger partial charge in [0.25, 0.3) is 0 Å². The molecule has 9 aromatic carbocycles. The zero-order chi connectivity index (χ0) is 36.7. The second-order valence-corrected chi connectivity index (χ2v) is 15.5. The summed E-state index contributed by atoms with van der Waals surface area (Å²) in [7, 11) is 0. The highest BCUT2D eigenvalue weighted by atomic mass is 32.1. The molecule has 4 heteroatoms. The van der Waals surface area contributed by atoms with E-state index < -0.39 is 0 Å². The number of benzene rings is 9. The first-order valence-electron chi connectivity index (χ1n) is 18.9. The fourth-order valence-electron chi connectivity index (χ4n) is 8.62. The van der Waals surface area contributed by atoms with E-state index in [1.807, 2.05) is 23.5 Å². The van der Waals surface area contributed by atoms with Crippen LogP contribution < -0.4 is 4.90 Å². The number of thiophene rings is 1. The van der Waals surface area contributed by atoms with Crippen molar-refractivity contribution >= 4 is 103 Å². The molecule has 56 heavy (non-hydrogen) atoms. The van der Waals surface area contributed by atoms with Crippen molar-refractivity contribution in [2.45, 2.75) is 0 Å². The van der Waals surface area contributed by atoms with Gasteiger partial charge in [-0.1, -0.05) is 127 Å². The minimum atomic E-state index is 0.891. The summed E-state index contributed by atoms with van der Waals surface area (Å²) in [5.74, 6) is 0. The largest absolute Gasteiger partial charge is 0.456 e. The molecule has 0 spiro atoms. The summed E-state index contributed by atoms with van der Waals surface area (Å²) < 4.78 is 15.5. The van der Waals surface area contributed by atoms with E-state index in [-0.39, 0.29) is 0 Å². The monoisotopic (exact) mass is 733 g/mol. The molecule has 262 valence electrons. The van der Waals surface area contributed by atoms with Gasteiger partial charge in [-0.25, -0.2) is 0 Å². The predicted molar refractivity (Wildman–Crippen MR) is 237 cm³/mol. The maximum atomic E-state index is 6.80. The first-order valence-corrected chi connectivity index (χ1v) is 19.7. The van der Waals surface area contributed by atoms with E-state index in [1.54, 1.807) is 0 Å². The third-order valence-corrected chi connectivity index (χ3v) is 12.5. The van der Waals surface area contributed by atoms with Gasteiger partial charge in [-0.2, -0.15) is 0 Å². The van der Waals surface area contributed by atoms with E-state index >= 15 is 0 Å². The summed E-state index contributed by atoms with van der Waals surface area (Å²) in [5, 5.41) is 9.41. The van der Waals surface area contributed by atoms with Crippen molar-refractivity contribution in [2.75, 3.05) is 4.90 Å². The molecule has 0 saturated heterocycles. The first-order chi connectivity index (χ1) is 27.7. The SMILES string of the molecule is c1ccc(N(c2ccc(-c3ccc4oc5ccccc5c4c3)cc2)c2cccc3c2sc2ccccc23)c(-c2cccc3c2oc2cc4ccccc4cc23)c1. The number of anilines is 3. The van der Waals surface area contributed by atoms with Gasteiger partial charge in [-0.15, -0.1) is 11.3 Å². The van der Waals surface area contributed by atoms with E-state index in [9.17, 15) is 0 Å². The number of furan rings is 2. The Balaban J connectivity index is 1.06. The molecule has 0 bridgehead atoms. The Kier molecular flexibility index (Phi) is 6.80. The van der Waals surface area contributed by atoms with Crippen LogP contribution in [0.25, 0.3) is 97.1 Å². The van der Waals surface area contributed by atoms with E-state index in [0.717, 1.165) is 83.2 Å². The Morgan fingerprint density at radius 1 is 0.375 bits per heavy atom. The van der Waals surface area contributed by atoms with Crippen molar-refractivity contribution in [1.29, 1.82) is 0 Å². The van der Waals surface area contributed by atoms with Crippen LogP contribution in [0, 0.1) is 0 Å². The van der Waals surface area contributed by atoms with E-state index in [0.29, 0.717) is 0 Å². The Hall–Kier alpha value is -7.14. The van der Waals surface area contributed by atoms with Crippen LogP contribution in [0.5, 0.6) is 0 Å². The minimum absolute atomic E-state index is 0.891. The molecule has 0 amide bonds. The van der Waals surface area contributed by atoms with Crippen LogP contribution in [0.1, 0.15) is 0 Å². The molecule has 0 atom stereocenters. The average Bonchev–Trinajstić information content (AvgIpc) is 3.94. The second kappa shape index (κ2) is 12.2. The van der Waals surface area contributed by atoms with Crippen LogP contribution in [0.15, 0.2) is 197 Å². The van der Waals surface area contributed by atoms with Crippen LogP contribution in [-0.2, 0) is 0 Å². The molecule has 3 nitrogen and oxygen atoms in total. The molecule has 3 heterocycles. The van der Waals surface area contributed by atoms with Gasteiger partial charge in [-0.3, -0.25) is 0 Å². The first kappa shape index (κ1) is 31.2. The van der Waals surface area contributed by atoms with Crippen molar-refractivity contribution in [2.24, 2.45) is 0 Å². The Morgan fingerprint density at radius 2 is 1.02 bits per heavy atom. The van der Waals surface area contributed by atoms with E-state index in [1.165, 1.54) is 30.9 Å². The van der Waals surface area contributed by atoms with Crippen LogP contribution in [0.3, 0.4) is 0 Å². The summed E-state index contributed by atoms with van der Waals surface area (Å²) in [6.45, 7) is 0. The third-order valence-electron chi connectivity index (χ3n) is 11.3. The molecule has 0 N–H and O–H groups in total. The molecule has 3 aromatic heterocycles. The van der Waals surface area contributed by atoms with E-state index in [2.05, 4.69) is 181 Å². The van der Waals surface area contributed by atoms with Crippen molar-refractivity contribution < 1.29 is 8.83 Å². The molecule has 0 aliphatic carbocycles. The van der Waals surface area contributed by atoms with Crippen LogP contribution >= 0.6 is 11.3 Å². The zero-order valence-electron chi connectivity index (χ0n) is 30.1. The number of nitrogens with zero attached hydrogens (tertiary/aromatic N) is 1. The lowest BCUT2D eigenvalue weighted by atomic mass is 9.98. The molecule has 12 rings (SSSR count). The van der Waals surface area contributed by atoms with Crippen LogP contribution in [0.4, 0.5) is 17.1 Å². The highest BCUT2D eigenvalue weighted by Crippen LogP contribution is 2.49. The molecule has 0 aliphatic rings. The van der Waals surface area contributed by atoms with Gasteiger partial charge in [-0.05, 0) is 82.6 Å². The molecule has 0 radical (unpaired) electrons. The summed E-state index contributed by atoms with van der Waals surface area (Å²) in [4.78, 5) is 2.43. The summed E-state index contributed by atoms with van der Waals surface area (Å²) in [6, 6.07) is 67.3. The van der Waals surface area contributed by atoms with Gasteiger partial charge in [0.05, 0.1) is 16.1 Å². The lowest BCUT2D eigenvalue weighted by Crippen LogP contribution is -2.11. The Bertz CT molecular complexity index is 3500.